The third-order valence-electron chi connectivity index (χ3n) is 3.86. The van der Waals surface area contributed by atoms with E-state index in [9.17, 15) is 9.59 Å². The molecule has 0 aliphatic carbocycles. The fourth-order valence-corrected chi connectivity index (χ4v) is 2.63. The van der Waals surface area contributed by atoms with Gasteiger partial charge in [0, 0.05) is 6.54 Å². The fraction of sp³-hybridized carbons (Fsp3) is 0.300. The molecule has 0 fully saturated rings. The third kappa shape index (κ3) is 6.83. The first-order valence-electron chi connectivity index (χ1n) is 8.64. The van der Waals surface area contributed by atoms with Crippen LogP contribution in [-0.2, 0) is 16.0 Å². The van der Waals surface area contributed by atoms with Gasteiger partial charge in [-0.15, -0.1) is 0 Å². The van der Waals surface area contributed by atoms with Crippen LogP contribution in [0.25, 0.3) is 0 Å². The van der Waals surface area contributed by atoms with E-state index in [0.717, 1.165) is 11.3 Å². The quantitative estimate of drug-likeness (QED) is 0.652. The maximum Gasteiger partial charge on any atom is 0.257 e. The summed E-state index contributed by atoms with van der Waals surface area (Å²) in [6, 6.07) is 14.3. The normalized spacial score (nSPS) is 11.5. The number of rotatable bonds is 10. The van der Waals surface area contributed by atoms with Gasteiger partial charge < -0.3 is 20.5 Å². The lowest BCUT2D eigenvalue weighted by Gasteiger charge is -2.15. The van der Waals surface area contributed by atoms with Crippen molar-refractivity contribution >= 4 is 23.4 Å². The van der Waals surface area contributed by atoms with Crippen molar-refractivity contribution in [2.24, 2.45) is 11.7 Å². The lowest BCUT2D eigenvalue weighted by atomic mass is 9.98. The third-order valence-corrected chi connectivity index (χ3v) is 4.17. The number of ether oxygens (including phenoxy) is 2. The highest BCUT2D eigenvalue weighted by atomic mass is 35.5. The molecule has 0 aromatic heterocycles. The maximum atomic E-state index is 12.0. The van der Waals surface area contributed by atoms with E-state index in [2.05, 4.69) is 5.32 Å². The van der Waals surface area contributed by atoms with E-state index < -0.39 is 11.8 Å². The van der Waals surface area contributed by atoms with E-state index in [4.69, 9.17) is 26.8 Å². The van der Waals surface area contributed by atoms with Crippen molar-refractivity contribution in [2.45, 2.75) is 13.3 Å². The predicted octanol–water partition coefficient (Wildman–Crippen LogP) is 2.58. The molecule has 2 aromatic rings. The summed E-state index contributed by atoms with van der Waals surface area (Å²) in [7, 11) is 0. The standard InChI is InChI=1S/C20H23ClN2O4/c1-2-26-16-9-7-14(8-10-16)11-15(20(22)25)12-23-19(24)13-27-18-6-4-3-5-17(18)21/h3-10,15H,2,11-13H2,1H3,(H2,22,25)(H,23,24). The van der Waals surface area contributed by atoms with Crippen LogP contribution in [0.5, 0.6) is 11.5 Å². The van der Waals surface area contributed by atoms with E-state index in [1.54, 1.807) is 24.3 Å². The summed E-state index contributed by atoms with van der Waals surface area (Å²) in [4.78, 5) is 23.7. The Bertz CT molecular complexity index is 765. The first-order chi connectivity index (χ1) is 13.0. The summed E-state index contributed by atoms with van der Waals surface area (Å²) in [5, 5.41) is 3.10. The SMILES string of the molecule is CCOc1ccc(CC(CNC(=O)COc2ccccc2Cl)C(N)=O)cc1. The van der Waals surface area contributed by atoms with Crippen LogP contribution in [0.3, 0.4) is 0 Å². The van der Waals surface area contributed by atoms with Gasteiger partial charge in [0.1, 0.15) is 11.5 Å². The van der Waals surface area contributed by atoms with Gasteiger partial charge >= 0.3 is 0 Å². The number of amides is 2. The van der Waals surface area contributed by atoms with Crippen molar-refractivity contribution in [1.29, 1.82) is 0 Å². The Morgan fingerprint density at radius 2 is 1.81 bits per heavy atom. The van der Waals surface area contributed by atoms with Gasteiger partial charge in [0.15, 0.2) is 6.61 Å². The molecule has 0 heterocycles. The van der Waals surface area contributed by atoms with Gasteiger partial charge in [-0.3, -0.25) is 9.59 Å². The molecule has 0 aliphatic heterocycles. The van der Waals surface area contributed by atoms with Crippen molar-refractivity contribution < 1.29 is 19.1 Å². The predicted molar refractivity (Wildman–Crippen MR) is 104 cm³/mol. The highest BCUT2D eigenvalue weighted by Gasteiger charge is 2.17. The molecule has 144 valence electrons. The zero-order valence-electron chi connectivity index (χ0n) is 15.1. The second kappa shape index (κ2) is 10.4. The fourth-order valence-electron chi connectivity index (χ4n) is 2.44. The van der Waals surface area contributed by atoms with Gasteiger partial charge in [-0.1, -0.05) is 35.9 Å². The maximum absolute atomic E-state index is 12.0. The number of halogens is 1. The van der Waals surface area contributed by atoms with Crippen molar-refractivity contribution in [1.82, 2.24) is 5.32 Å². The number of primary amides is 1. The van der Waals surface area contributed by atoms with Crippen LogP contribution in [0.1, 0.15) is 12.5 Å². The van der Waals surface area contributed by atoms with Crippen LogP contribution < -0.4 is 20.5 Å². The van der Waals surface area contributed by atoms with Gasteiger partial charge in [-0.05, 0) is 43.2 Å². The first-order valence-corrected chi connectivity index (χ1v) is 9.02. The van der Waals surface area contributed by atoms with Gasteiger partial charge in [-0.2, -0.15) is 0 Å². The minimum absolute atomic E-state index is 0.132. The van der Waals surface area contributed by atoms with E-state index >= 15 is 0 Å². The molecule has 3 N–H and O–H groups in total. The Hall–Kier alpha value is -2.73. The zero-order chi connectivity index (χ0) is 19.6. The summed E-state index contributed by atoms with van der Waals surface area (Å²) in [6.45, 7) is 2.44. The average molecular weight is 391 g/mol. The highest BCUT2D eigenvalue weighted by molar-refractivity contribution is 6.32. The molecule has 1 atom stereocenters. The van der Waals surface area contributed by atoms with E-state index in [1.807, 2.05) is 31.2 Å². The van der Waals surface area contributed by atoms with Crippen LogP contribution in [0.15, 0.2) is 48.5 Å². The molecule has 0 aliphatic rings. The van der Waals surface area contributed by atoms with Crippen LogP contribution in [0, 0.1) is 5.92 Å². The van der Waals surface area contributed by atoms with Crippen molar-refractivity contribution in [3.05, 3.63) is 59.1 Å². The average Bonchev–Trinajstić information content (AvgIpc) is 2.65. The molecule has 0 saturated carbocycles. The van der Waals surface area contributed by atoms with Crippen LogP contribution in [0.4, 0.5) is 0 Å². The summed E-state index contributed by atoms with van der Waals surface area (Å²) in [5.74, 6) is -0.159. The molecule has 1 unspecified atom stereocenters. The molecule has 6 nitrogen and oxygen atoms in total. The van der Waals surface area contributed by atoms with Crippen molar-refractivity contribution in [3.8, 4) is 11.5 Å². The summed E-state index contributed by atoms with van der Waals surface area (Å²) < 4.78 is 10.8. The van der Waals surface area contributed by atoms with Crippen molar-refractivity contribution in [2.75, 3.05) is 19.8 Å². The molecule has 7 heteroatoms. The molecule has 0 saturated heterocycles. The highest BCUT2D eigenvalue weighted by Crippen LogP contribution is 2.22. The smallest absolute Gasteiger partial charge is 0.257 e. The molecular formula is C20H23ClN2O4. The molecule has 0 spiro atoms. The molecule has 2 amide bonds. The van der Waals surface area contributed by atoms with Crippen molar-refractivity contribution in [3.63, 3.8) is 0 Å². The number of hydrogen-bond donors (Lipinski definition) is 2. The zero-order valence-corrected chi connectivity index (χ0v) is 15.9. The minimum Gasteiger partial charge on any atom is -0.494 e. The lowest BCUT2D eigenvalue weighted by Crippen LogP contribution is -2.39. The topological polar surface area (TPSA) is 90.7 Å². The second-order valence-corrected chi connectivity index (χ2v) is 6.31. The van der Waals surface area contributed by atoms with E-state index in [0.29, 0.717) is 23.8 Å². The Labute approximate surface area is 163 Å². The number of nitrogens with one attached hydrogen (secondary N) is 1. The number of hydrogen-bond acceptors (Lipinski definition) is 4. The lowest BCUT2D eigenvalue weighted by molar-refractivity contribution is -0.124. The molecule has 0 bridgehead atoms. The van der Waals surface area contributed by atoms with E-state index in [-0.39, 0.29) is 19.1 Å². The van der Waals surface area contributed by atoms with Gasteiger partial charge in [0.05, 0.1) is 17.5 Å². The number of nitrogens with two attached hydrogens (primary N) is 1. The van der Waals surface area contributed by atoms with Crippen LogP contribution >= 0.6 is 11.6 Å². The molecular weight excluding hydrogens is 368 g/mol. The molecule has 2 aromatic carbocycles. The summed E-state index contributed by atoms with van der Waals surface area (Å²) in [6.07, 6.45) is 0.424. The van der Waals surface area contributed by atoms with E-state index in [1.165, 1.54) is 0 Å². The van der Waals surface area contributed by atoms with Gasteiger partial charge in [0.2, 0.25) is 5.91 Å². The Morgan fingerprint density at radius 1 is 1.11 bits per heavy atom. The van der Waals surface area contributed by atoms with Crippen LogP contribution in [0.2, 0.25) is 5.02 Å². The Balaban J connectivity index is 1.83. The number of benzene rings is 2. The second-order valence-electron chi connectivity index (χ2n) is 5.90. The molecule has 0 radical (unpaired) electrons. The van der Waals surface area contributed by atoms with Gasteiger partial charge in [-0.25, -0.2) is 0 Å². The molecule has 27 heavy (non-hydrogen) atoms. The number of carbonyl (C=O) groups is 2. The molecule has 2 rings (SSSR count). The Kier molecular flexibility index (Phi) is 7.95. The van der Waals surface area contributed by atoms with Gasteiger partial charge in [0.25, 0.3) is 5.91 Å². The largest absolute Gasteiger partial charge is 0.494 e. The summed E-state index contributed by atoms with van der Waals surface area (Å²) in [5.41, 5.74) is 6.40. The number of carbonyl (C=O) groups excluding carboxylic acids is 2. The summed E-state index contributed by atoms with van der Waals surface area (Å²) >= 11 is 5.97. The monoisotopic (exact) mass is 390 g/mol. The first kappa shape index (κ1) is 20.6. The number of para-hydroxylation sites is 1. The Morgan fingerprint density at radius 3 is 2.44 bits per heavy atom. The minimum atomic E-state index is -0.521. The van der Waals surface area contributed by atoms with Crippen LogP contribution in [-0.4, -0.2) is 31.6 Å².